The molecular weight excluding hydrogens is 445 g/mol. The lowest BCUT2D eigenvalue weighted by atomic mass is 10.0. The van der Waals surface area contributed by atoms with Gasteiger partial charge in [-0.2, -0.15) is 0 Å². The highest BCUT2D eigenvalue weighted by molar-refractivity contribution is 6.05. The molecule has 0 aliphatic carbocycles. The average Bonchev–Trinajstić information content (AvgIpc) is 2.86. The smallest absolute Gasteiger partial charge is 0.255 e. The van der Waals surface area contributed by atoms with Gasteiger partial charge in [-0.15, -0.1) is 0 Å². The Hall–Kier alpha value is -4.71. The van der Waals surface area contributed by atoms with Crippen molar-refractivity contribution in [1.82, 2.24) is 0 Å². The second kappa shape index (κ2) is 8.91. The van der Waals surface area contributed by atoms with Crippen molar-refractivity contribution in [1.29, 1.82) is 0 Å². The largest absolute Gasteiger partial charge is 0.502 e. The summed E-state index contributed by atoms with van der Waals surface area (Å²) in [5.74, 6) is -1.14. The monoisotopic (exact) mass is 465 g/mol. The highest BCUT2D eigenvalue weighted by Gasteiger charge is 2.17. The van der Waals surface area contributed by atoms with E-state index in [1.54, 1.807) is 66.7 Å². The molecule has 0 aliphatic rings. The maximum absolute atomic E-state index is 13.3. The van der Waals surface area contributed by atoms with E-state index in [0.717, 1.165) is 16.7 Å². The number of aromatic hydroxyl groups is 1. The first kappa shape index (κ1) is 22.1. The van der Waals surface area contributed by atoms with Gasteiger partial charge in [0.05, 0.1) is 5.39 Å². The molecule has 5 aromatic rings. The van der Waals surface area contributed by atoms with Crippen molar-refractivity contribution in [3.05, 3.63) is 118 Å². The fourth-order valence-electron chi connectivity index (χ4n) is 3.97. The number of nitrogens with one attached hydrogen (secondary N) is 1. The van der Waals surface area contributed by atoms with Gasteiger partial charge in [0.25, 0.3) is 5.91 Å². The van der Waals surface area contributed by atoms with E-state index in [4.69, 9.17) is 4.42 Å². The van der Waals surface area contributed by atoms with Gasteiger partial charge < -0.3 is 14.8 Å². The van der Waals surface area contributed by atoms with E-state index in [9.17, 15) is 19.1 Å². The van der Waals surface area contributed by atoms with Crippen LogP contribution in [0.1, 0.15) is 15.9 Å². The molecule has 0 unspecified atom stereocenters. The number of hydrogen-bond donors (Lipinski definition) is 2. The zero-order chi connectivity index (χ0) is 24.5. The van der Waals surface area contributed by atoms with Crippen molar-refractivity contribution < 1.29 is 18.7 Å². The predicted molar refractivity (Wildman–Crippen MR) is 134 cm³/mol. The number of halogens is 1. The van der Waals surface area contributed by atoms with Crippen molar-refractivity contribution in [3.8, 4) is 28.2 Å². The quantitative estimate of drug-likeness (QED) is 0.316. The van der Waals surface area contributed by atoms with E-state index in [1.807, 2.05) is 19.1 Å². The molecule has 4 aromatic carbocycles. The summed E-state index contributed by atoms with van der Waals surface area (Å²) in [6.07, 6.45) is 0. The van der Waals surface area contributed by atoms with Crippen LogP contribution in [0.3, 0.4) is 0 Å². The van der Waals surface area contributed by atoms with Gasteiger partial charge >= 0.3 is 0 Å². The molecule has 0 bridgehead atoms. The molecule has 35 heavy (non-hydrogen) atoms. The first-order valence-corrected chi connectivity index (χ1v) is 10.9. The van der Waals surface area contributed by atoms with Gasteiger partial charge in [-0.3, -0.25) is 9.59 Å². The molecule has 2 N–H and O–H groups in total. The Bertz CT molecular complexity index is 1640. The van der Waals surface area contributed by atoms with Crippen molar-refractivity contribution in [2.24, 2.45) is 0 Å². The van der Waals surface area contributed by atoms with Crippen LogP contribution in [0, 0.1) is 12.7 Å². The fraction of sp³-hybridized carbons (Fsp3) is 0.0345. The third-order valence-electron chi connectivity index (χ3n) is 5.82. The number of benzene rings is 4. The van der Waals surface area contributed by atoms with Crippen LogP contribution in [0.2, 0.25) is 0 Å². The third kappa shape index (κ3) is 4.29. The number of anilines is 1. The zero-order valence-corrected chi connectivity index (χ0v) is 18.7. The average molecular weight is 465 g/mol. The van der Waals surface area contributed by atoms with Crippen LogP contribution in [0.5, 0.6) is 5.75 Å². The SMILES string of the molecule is Cc1ccccc1C(=O)Nc1cccc(-c2oc3cc(-c4ccc(F)cc4)ccc3c(=O)c2O)c1. The van der Waals surface area contributed by atoms with Crippen molar-refractivity contribution in [2.45, 2.75) is 6.92 Å². The second-order valence-corrected chi connectivity index (χ2v) is 8.18. The van der Waals surface area contributed by atoms with Gasteiger partial charge in [-0.05, 0) is 66.1 Å². The van der Waals surface area contributed by atoms with Gasteiger partial charge in [0.15, 0.2) is 5.76 Å². The first-order chi connectivity index (χ1) is 16.9. The standard InChI is InChI=1S/C29H20FNO4/c1-17-5-2-3-8-23(17)29(34)31-22-7-4-6-20(15-22)28-27(33)26(32)24-14-11-19(16-25(24)35-28)18-9-12-21(30)13-10-18/h2-16,33H,1H3,(H,31,34). The molecule has 0 radical (unpaired) electrons. The van der Waals surface area contributed by atoms with E-state index in [-0.39, 0.29) is 28.5 Å². The van der Waals surface area contributed by atoms with Gasteiger partial charge in [0, 0.05) is 16.8 Å². The second-order valence-electron chi connectivity index (χ2n) is 8.18. The number of carbonyl (C=O) groups excluding carboxylic acids is 1. The molecule has 5 rings (SSSR count). The topological polar surface area (TPSA) is 79.5 Å². The van der Waals surface area contributed by atoms with Gasteiger partial charge in [0.2, 0.25) is 11.2 Å². The Kier molecular flexibility index (Phi) is 5.63. The fourth-order valence-corrected chi connectivity index (χ4v) is 3.97. The van der Waals surface area contributed by atoms with E-state index in [2.05, 4.69) is 5.32 Å². The first-order valence-electron chi connectivity index (χ1n) is 10.9. The van der Waals surface area contributed by atoms with Crippen LogP contribution < -0.4 is 10.7 Å². The van der Waals surface area contributed by atoms with Gasteiger partial charge in [-0.1, -0.05) is 48.5 Å². The molecule has 0 fully saturated rings. The Balaban J connectivity index is 1.54. The lowest BCUT2D eigenvalue weighted by Crippen LogP contribution is -2.13. The van der Waals surface area contributed by atoms with Crippen molar-refractivity contribution in [2.75, 3.05) is 5.32 Å². The Morgan fingerprint density at radius 2 is 1.60 bits per heavy atom. The summed E-state index contributed by atoms with van der Waals surface area (Å²) in [5, 5.41) is 13.7. The van der Waals surface area contributed by atoms with E-state index >= 15 is 0 Å². The highest BCUT2D eigenvalue weighted by Crippen LogP contribution is 2.33. The zero-order valence-electron chi connectivity index (χ0n) is 18.7. The molecule has 1 heterocycles. The lowest BCUT2D eigenvalue weighted by molar-refractivity contribution is 0.102. The Morgan fingerprint density at radius 1 is 0.857 bits per heavy atom. The molecule has 0 spiro atoms. The summed E-state index contributed by atoms with van der Waals surface area (Å²) >= 11 is 0. The minimum Gasteiger partial charge on any atom is -0.502 e. The van der Waals surface area contributed by atoms with Gasteiger partial charge in [0.1, 0.15) is 11.4 Å². The molecule has 0 saturated carbocycles. The van der Waals surface area contributed by atoms with Crippen LogP contribution >= 0.6 is 0 Å². The van der Waals surface area contributed by atoms with Crippen LogP contribution in [0.15, 0.2) is 100 Å². The third-order valence-corrected chi connectivity index (χ3v) is 5.82. The maximum Gasteiger partial charge on any atom is 0.255 e. The molecule has 0 atom stereocenters. The van der Waals surface area contributed by atoms with E-state index in [1.165, 1.54) is 12.1 Å². The number of amides is 1. The summed E-state index contributed by atoms with van der Waals surface area (Å²) in [6, 6.07) is 24.9. The van der Waals surface area contributed by atoms with Crippen LogP contribution in [-0.4, -0.2) is 11.0 Å². The minimum atomic E-state index is -0.568. The number of hydrogen-bond acceptors (Lipinski definition) is 4. The van der Waals surface area contributed by atoms with Crippen LogP contribution in [-0.2, 0) is 0 Å². The van der Waals surface area contributed by atoms with Crippen molar-refractivity contribution >= 4 is 22.6 Å². The molecule has 6 heteroatoms. The molecule has 0 aliphatic heterocycles. The number of fused-ring (bicyclic) bond motifs is 1. The summed E-state index contributed by atoms with van der Waals surface area (Å²) in [7, 11) is 0. The summed E-state index contributed by atoms with van der Waals surface area (Å²) in [4.78, 5) is 25.6. The molecule has 1 aromatic heterocycles. The predicted octanol–water partition coefficient (Wildman–Crippen LogP) is 6.53. The summed E-state index contributed by atoms with van der Waals surface area (Å²) < 4.78 is 19.3. The van der Waals surface area contributed by atoms with Crippen LogP contribution in [0.4, 0.5) is 10.1 Å². The molecule has 172 valence electrons. The number of rotatable bonds is 4. The number of carbonyl (C=O) groups is 1. The molecule has 1 amide bonds. The van der Waals surface area contributed by atoms with Gasteiger partial charge in [-0.25, -0.2) is 4.39 Å². The molecular formula is C29H20FNO4. The molecule has 0 saturated heterocycles. The maximum atomic E-state index is 13.3. The molecule has 5 nitrogen and oxygen atoms in total. The Labute approximate surface area is 200 Å². The minimum absolute atomic E-state index is 0.00857. The van der Waals surface area contributed by atoms with E-state index < -0.39 is 11.2 Å². The van der Waals surface area contributed by atoms with E-state index in [0.29, 0.717) is 16.8 Å². The lowest BCUT2D eigenvalue weighted by Gasteiger charge is -2.11. The van der Waals surface area contributed by atoms with Crippen molar-refractivity contribution in [3.63, 3.8) is 0 Å². The number of aryl methyl sites for hydroxylation is 1. The normalized spacial score (nSPS) is 10.9. The summed E-state index contributed by atoms with van der Waals surface area (Å²) in [6.45, 7) is 1.85. The highest BCUT2D eigenvalue weighted by atomic mass is 19.1. The Morgan fingerprint density at radius 3 is 2.37 bits per heavy atom. The van der Waals surface area contributed by atoms with Crippen LogP contribution in [0.25, 0.3) is 33.4 Å². The summed E-state index contributed by atoms with van der Waals surface area (Å²) in [5.41, 5.74) is 3.50.